The lowest BCUT2D eigenvalue weighted by Crippen LogP contribution is -2.01. The van der Waals surface area contributed by atoms with E-state index in [4.69, 9.17) is 10.5 Å². The largest absolute Gasteiger partial charge is 0.496 e. The number of benzene rings is 1. The molecule has 0 saturated heterocycles. The minimum Gasteiger partial charge on any atom is -0.496 e. The van der Waals surface area contributed by atoms with Gasteiger partial charge in [0.25, 0.3) is 0 Å². The summed E-state index contributed by atoms with van der Waals surface area (Å²) in [4.78, 5) is 3.20. The van der Waals surface area contributed by atoms with Gasteiger partial charge < -0.3 is 15.5 Å². The van der Waals surface area contributed by atoms with Gasteiger partial charge in [0.1, 0.15) is 5.75 Å². The predicted molar refractivity (Wildman–Crippen MR) is 64.7 cm³/mol. The molecule has 0 aliphatic rings. The molecule has 0 atom stereocenters. The molecule has 0 saturated carbocycles. The lowest BCUT2D eigenvalue weighted by atomic mass is 10.1. The Kier molecular flexibility index (Phi) is 3.61. The second-order valence-corrected chi connectivity index (χ2v) is 3.34. The van der Waals surface area contributed by atoms with E-state index >= 15 is 0 Å². The van der Waals surface area contributed by atoms with Crippen molar-refractivity contribution in [3.8, 4) is 5.75 Å². The normalized spacial score (nSPS) is 10.1. The van der Waals surface area contributed by atoms with E-state index in [1.54, 1.807) is 7.11 Å². The number of hydrogen-bond acceptors (Lipinski definition) is 2. The van der Waals surface area contributed by atoms with Crippen molar-refractivity contribution in [1.29, 1.82) is 0 Å². The van der Waals surface area contributed by atoms with Gasteiger partial charge in [-0.2, -0.15) is 0 Å². The van der Waals surface area contributed by atoms with Gasteiger partial charge in [-0.05, 0) is 24.6 Å². The monoisotopic (exact) mass is 226 g/mol. The third kappa shape index (κ3) is 1.80. The second-order valence-electron chi connectivity index (χ2n) is 3.34. The third-order valence-electron chi connectivity index (χ3n) is 2.54. The molecule has 3 nitrogen and oxygen atoms in total. The van der Waals surface area contributed by atoms with Crippen LogP contribution in [0.3, 0.4) is 0 Å². The summed E-state index contributed by atoms with van der Waals surface area (Å²) < 4.78 is 5.30. The number of fused-ring (bicyclic) bond motifs is 1. The first-order chi connectivity index (χ1) is 6.77. The Hall–Kier alpha value is -1.19. The Morgan fingerprint density at radius 3 is 2.80 bits per heavy atom. The van der Waals surface area contributed by atoms with Gasteiger partial charge in [0.15, 0.2) is 0 Å². The van der Waals surface area contributed by atoms with Gasteiger partial charge in [-0.3, -0.25) is 0 Å². The molecule has 2 rings (SSSR count). The zero-order valence-corrected chi connectivity index (χ0v) is 9.65. The number of aryl methyl sites for hydroxylation is 1. The van der Waals surface area contributed by atoms with Gasteiger partial charge in [-0.25, -0.2) is 0 Å². The standard InChI is InChI=1S/C11H14N2O.ClH/c1-7-5-10(14-2)9(6-12)8-3-4-13-11(7)8;/h3-5,13H,6,12H2,1-2H3;1H. The maximum Gasteiger partial charge on any atom is 0.124 e. The summed E-state index contributed by atoms with van der Waals surface area (Å²) in [5.41, 5.74) is 9.10. The number of hydrogen-bond donors (Lipinski definition) is 2. The SMILES string of the molecule is COc1cc(C)c2[nH]ccc2c1CN.Cl. The van der Waals surface area contributed by atoms with Crippen molar-refractivity contribution in [2.75, 3.05) is 7.11 Å². The van der Waals surface area contributed by atoms with E-state index in [0.29, 0.717) is 6.54 Å². The van der Waals surface area contributed by atoms with Crippen LogP contribution in [0.15, 0.2) is 18.3 Å². The summed E-state index contributed by atoms with van der Waals surface area (Å²) in [6.45, 7) is 2.56. The lowest BCUT2D eigenvalue weighted by Gasteiger charge is -2.09. The Labute approximate surface area is 95.0 Å². The highest BCUT2D eigenvalue weighted by Gasteiger charge is 2.09. The molecule has 82 valence electrons. The molecule has 0 aliphatic carbocycles. The minimum absolute atomic E-state index is 0. The first-order valence-corrected chi connectivity index (χ1v) is 4.61. The molecule has 0 radical (unpaired) electrons. The number of rotatable bonds is 2. The van der Waals surface area contributed by atoms with Crippen LogP contribution in [0.25, 0.3) is 10.9 Å². The van der Waals surface area contributed by atoms with Crippen LogP contribution in [-0.4, -0.2) is 12.1 Å². The molecule has 0 bridgehead atoms. The van der Waals surface area contributed by atoms with Crippen LogP contribution >= 0.6 is 12.4 Å². The van der Waals surface area contributed by atoms with Crippen LogP contribution in [0.2, 0.25) is 0 Å². The van der Waals surface area contributed by atoms with Crippen molar-refractivity contribution in [2.45, 2.75) is 13.5 Å². The maximum absolute atomic E-state index is 5.71. The molecule has 2 aromatic rings. The Morgan fingerprint density at radius 1 is 1.47 bits per heavy atom. The average molecular weight is 227 g/mol. The number of nitrogens with two attached hydrogens (primary N) is 1. The van der Waals surface area contributed by atoms with Gasteiger partial charge in [0.05, 0.1) is 7.11 Å². The summed E-state index contributed by atoms with van der Waals surface area (Å²) in [5.74, 6) is 0.872. The summed E-state index contributed by atoms with van der Waals surface area (Å²) in [7, 11) is 1.67. The van der Waals surface area contributed by atoms with Crippen molar-refractivity contribution in [3.05, 3.63) is 29.5 Å². The number of halogens is 1. The fourth-order valence-corrected chi connectivity index (χ4v) is 1.83. The third-order valence-corrected chi connectivity index (χ3v) is 2.54. The quantitative estimate of drug-likeness (QED) is 0.826. The average Bonchev–Trinajstić information content (AvgIpc) is 2.66. The fraction of sp³-hybridized carbons (Fsp3) is 0.273. The summed E-state index contributed by atoms with van der Waals surface area (Å²) in [5, 5.41) is 1.16. The highest BCUT2D eigenvalue weighted by molar-refractivity contribution is 5.88. The molecular weight excluding hydrogens is 212 g/mol. The summed E-state index contributed by atoms with van der Waals surface area (Å²) in [6.07, 6.45) is 1.93. The zero-order chi connectivity index (χ0) is 10.1. The van der Waals surface area contributed by atoms with Crippen LogP contribution in [0.5, 0.6) is 5.75 Å². The molecule has 15 heavy (non-hydrogen) atoms. The lowest BCUT2D eigenvalue weighted by molar-refractivity contribution is 0.410. The molecule has 4 heteroatoms. The molecule has 1 heterocycles. The highest BCUT2D eigenvalue weighted by atomic mass is 35.5. The smallest absolute Gasteiger partial charge is 0.124 e. The topological polar surface area (TPSA) is 51.0 Å². The fourth-order valence-electron chi connectivity index (χ4n) is 1.83. The van der Waals surface area contributed by atoms with Gasteiger partial charge in [0, 0.05) is 29.2 Å². The predicted octanol–water partition coefficient (Wildman–Crippen LogP) is 2.37. The van der Waals surface area contributed by atoms with Crippen LogP contribution in [0, 0.1) is 6.92 Å². The first kappa shape index (κ1) is 11.9. The molecule has 0 fully saturated rings. The summed E-state index contributed by atoms with van der Waals surface area (Å²) >= 11 is 0. The number of H-pyrrole nitrogens is 1. The van der Waals surface area contributed by atoms with Gasteiger partial charge >= 0.3 is 0 Å². The minimum atomic E-state index is 0. The van der Waals surface area contributed by atoms with E-state index in [1.807, 2.05) is 18.3 Å². The van der Waals surface area contributed by atoms with Crippen LogP contribution in [0.4, 0.5) is 0 Å². The Balaban J connectivity index is 0.00000112. The molecule has 0 spiro atoms. The van der Waals surface area contributed by atoms with Crippen LogP contribution in [0.1, 0.15) is 11.1 Å². The molecule has 1 aromatic heterocycles. The van der Waals surface area contributed by atoms with Crippen LogP contribution in [-0.2, 0) is 6.54 Å². The van der Waals surface area contributed by atoms with E-state index in [0.717, 1.165) is 22.2 Å². The zero-order valence-electron chi connectivity index (χ0n) is 8.83. The van der Waals surface area contributed by atoms with Crippen LogP contribution < -0.4 is 10.5 Å². The molecule has 1 aromatic carbocycles. The molecule has 3 N–H and O–H groups in total. The van der Waals surface area contributed by atoms with Gasteiger partial charge in [0.2, 0.25) is 0 Å². The van der Waals surface area contributed by atoms with E-state index in [9.17, 15) is 0 Å². The van der Waals surface area contributed by atoms with Gasteiger partial charge in [-0.15, -0.1) is 12.4 Å². The van der Waals surface area contributed by atoms with Gasteiger partial charge in [-0.1, -0.05) is 0 Å². The number of nitrogens with one attached hydrogen (secondary N) is 1. The molecule has 0 amide bonds. The van der Waals surface area contributed by atoms with E-state index < -0.39 is 0 Å². The number of aromatic amines is 1. The van der Waals surface area contributed by atoms with E-state index in [2.05, 4.69) is 11.9 Å². The molecule has 0 aliphatic heterocycles. The van der Waals surface area contributed by atoms with E-state index in [-0.39, 0.29) is 12.4 Å². The van der Waals surface area contributed by atoms with Crippen molar-refractivity contribution < 1.29 is 4.74 Å². The number of aromatic nitrogens is 1. The summed E-state index contributed by atoms with van der Waals surface area (Å²) in [6, 6.07) is 4.05. The maximum atomic E-state index is 5.71. The Bertz CT molecular complexity index is 465. The number of methoxy groups -OCH3 is 1. The van der Waals surface area contributed by atoms with Crippen molar-refractivity contribution in [3.63, 3.8) is 0 Å². The first-order valence-electron chi connectivity index (χ1n) is 4.61. The van der Waals surface area contributed by atoms with Crippen molar-refractivity contribution in [1.82, 2.24) is 4.98 Å². The second kappa shape index (κ2) is 4.55. The van der Waals surface area contributed by atoms with Crippen molar-refractivity contribution >= 4 is 23.3 Å². The Morgan fingerprint density at radius 2 is 2.20 bits per heavy atom. The van der Waals surface area contributed by atoms with E-state index in [1.165, 1.54) is 5.56 Å². The highest BCUT2D eigenvalue weighted by Crippen LogP contribution is 2.29. The number of ether oxygens (including phenoxy) is 1. The van der Waals surface area contributed by atoms with Crippen molar-refractivity contribution in [2.24, 2.45) is 5.73 Å². The molecule has 0 unspecified atom stereocenters. The molecular formula is C11H15ClN2O.